The van der Waals surface area contributed by atoms with E-state index in [1.165, 1.54) is 6.07 Å². The number of hydrogen-bond donors (Lipinski definition) is 1. The first-order chi connectivity index (χ1) is 14.6. The number of benzene rings is 2. The van der Waals surface area contributed by atoms with Crippen LogP contribution in [-0.4, -0.2) is 22.2 Å². The fourth-order valence-electron chi connectivity index (χ4n) is 2.71. The third-order valence-electron chi connectivity index (χ3n) is 4.07. The molecule has 148 valence electrons. The Morgan fingerprint density at radius 2 is 1.80 bits per heavy atom. The molecular weight excluding hydrogens is 404 g/mol. The van der Waals surface area contributed by atoms with E-state index in [2.05, 4.69) is 15.5 Å². The number of carbonyl (C=O) groups excluding carboxylic acids is 1. The molecule has 0 unspecified atom stereocenters. The molecule has 1 N–H and O–H groups in total. The van der Waals surface area contributed by atoms with Crippen LogP contribution < -0.4 is 5.32 Å². The summed E-state index contributed by atoms with van der Waals surface area (Å²) in [5, 5.41) is 22.2. The van der Waals surface area contributed by atoms with E-state index in [0.717, 1.165) is 17.3 Å². The highest BCUT2D eigenvalue weighted by Crippen LogP contribution is 2.32. The molecule has 0 aliphatic carbocycles. The molecule has 2 aromatic carbocycles. The number of hydrogen-bond acceptors (Lipinski definition) is 7. The zero-order valence-electron chi connectivity index (χ0n) is 15.4. The molecule has 30 heavy (non-hydrogen) atoms. The molecule has 0 spiro atoms. The number of nitro benzene ring substituents is 1. The normalized spacial score (nSPS) is 16.5. The van der Waals surface area contributed by atoms with Gasteiger partial charge in [0.2, 0.25) is 0 Å². The van der Waals surface area contributed by atoms with Gasteiger partial charge in [0, 0.05) is 12.1 Å². The van der Waals surface area contributed by atoms with E-state index in [9.17, 15) is 14.9 Å². The highest BCUT2D eigenvalue weighted by atomic mass is 32.2. The summed E-state index contributed by atoms with van der Waals surface area (Å²) in [5.74, 6) is 0.422. The first kappa shape index (κ1) is 19.3. The summed E-state index contributed by atoms with van der Waals surface area (Å²) in [6, 6.07) is 19.1. The number of nitrogens with zero attached hydrogens (tertiary/aromatic N) is 3. The summed E-state index contributed by atoms with van der Waals surface area (Å²) in [4.78, 5) is 23.3. The Labute approximate surface area is 175 Å². The molecule has 9 heteroatoms. The third kappa shape index (κ3) is 4.36. The molecule has 3 aromatic rings. The Bertz CT molecular complexity index is 1200. The number of nitro groups is 1. The van der Waals surface area contributed by atoms with Crippen LogP contribution in [0.3, 0.4) is 0 Å². The number of para-hydroxylation sites is 1. The fourth-order valence-corrected chi connectivity index (χ4v) is 3.47. The lowest BCUT2D eigenvalue weighted by atomic mass is 10.1. The molecule has 1 saturated heterocycles. The Morgan fingerprint density at radius 3 is 2.60 bits per heavy atom. The van der Waals surface area contributed by atoms with Crippen LogP contribution in [0.4, 0.5) is 5.69 Å². The lowest BCUT2D eigenvalue weighted by Crippen LogP contribution is -2.19. The van der Waals surface area contributed by atoms with Crippen LogP contribution in [-0.2, 0) is 4.79 Å². The lowest BCUT2D eigenvalue weighted by molar-refractivity contribution is -0.384. The van der Waals surface area contributed by atoms with Gasteiger partial charge in [0.1, 0.15) is 11.5 Å². The molecule has 8 nitrogen and oxygen atoms in total. The molecular formula is C21H14N4O4S. The van der Waals surface area contributed by atoms with Gasteiger partial charge in [-0.15, -0.1) is 5.10 Å². The van der Waals surface area contributed by atoms with Gasteiger partial charge in [-0.1, -0.05) is 42.5 Å². The summed E-state index contributed by atoms with van der Waals surface area (Å²) in [5.41, 5.74) is 1.21. The SMILES string of the molecule is O=C1N/C(=N\N=C\c2ccccc2)S/C1=C/c1ccc(-c2ccccc2[N+](=O)[O-])o1. The monoisotopic (exact) mass is 418 g/mol. The van der Waals surface area contributed by atoms with Crippen molar-refractivity contribution in [3.05, 3.63) is 93.1 Å². The van der Waals surface area contributed by atoms with Gasteiger partial charge in [-0.05, 0) is 35.5 Å². The quantitative estimate of drug-likeness (QED) is 0.285. The van der Waals surface area contributed by atoms with Gasteiger partial charge in [0.05, 0.1) is 21.6 Å². The molecule has 1 fully saturated rings. The van der Waals surface area contributed by atoms with Crippen molar-refractivity contribution in [3.63, 3.8) is 0 Å². The number of thioether (sulfide) groups is 1. The largest absolute Gasteiger partial charge is 0.456 e. The Hall–Kier alpha value is -3.98. The summed E-state index contributed by atoms with van der Waals surface area (Å²) in [7, 11) is 0. The van der Waals surface area contributed by atoms with Crippen molar-refractivity contribution in [2.24, 2.45) is 10.2 Å². The maximum atomic E-state index is 12.2. The molecule has 1 aliphatic heterocycles. The zero-order valence-corrected chi connectivity index (χ0v) is 16.2. The highest BCUT2D eigenvalue weighted by Gasteiger charge is 2.25. The molecule has 1 amide bonds. The highest BCUT2D eigenvalue weighted by molar-refractivity contribution is 8.18. The molecule has 1 aromatic heterocycles. The average molecular weight is 418 g/mol. The Balaban J connectivity index is 1.51. The van der Waals surface area contributed by atoms with Crippen LogP contribution in [0.2, 0.25) is 0 Å². The van der Waals surface area contributed by atoms with E-state index < -0.39 is 4.92 Å². The average Bonchev–Trinajstić information content (AvgIpc) is 3.36. The summed E-state index contributed by atoms with van der Waals surface area (Å²) < 4.78 is 5.70. The summed E-state index contributed by atoms with van der Waals surface area (Å²) in [6.45, 7) is 0. The van der Waals surface area contributed by atoms with Gasteiger partial charge >= 0.3 is 0 Å². The first-order valence-corrected chi connectivity index (χ1v) is 9.62. The van der Waals surface area contributed by atoms with Crippen molar-refractivity contribution in [2.45, 2.75) is 0 Å². The van der Waals surface area contributed by atoms with Gasteiger partial charge in [-0.3, -0.25) is 20.2 Å². The molecule has 0 saturated carbocycles. The van der Waals surface area contributed by atoms with E-state index >= 15 is 0 Å². The van der Waals surface area contributed by atoms with E-state index in [0.29, 0.717) is 27.2 Å². The maximum absolute atomic E-state index is 12.2. The van der Waals surface area contributed by atoms with Crippen LogP contribution in [0.5, 0.6) is 0 Å². The number of amides is 1. The number of nitrogens with one attached hydrogen (secondary N) is 1. The van der Waals surface area contributed by atoms with Crippen molar-refractivity contribution in [3.8, 4) is 11.3 Å². The van der Waals surface area contributed by atoms with E-state index in [-0.39, 0.29) is 11.6 Å². The second kappa shape index (κ2) is 8.58. The Morgan fingerprint density at radius 1 is 1.03 bits per heavy atom. The van der Waals surface area contributed by atoms with Crippen LogP contribution in [0.1, 0.15) is 11.3 Å². The van der Waals surface area contributed by atoms with Crippen molar-refractivity contribution in [1.82, 2.24) is 5.32 Å². The third-order valence-corrected chi connectivity index (χ3v) is 4.97. The number of carbonyl (C=O) groups is 1. The van der Waals surface area contributed by atoms with Gasteiger partial charge in [-0.25, -0.2) is 0 Å². The maximum Gasteiger partial charge on any atom is 0.280 e. The number of rotatable bonds is 5. The predicted molar refractivity (Wildman–Crippen MR) is 116 cm³/mol. The summed E-state index contributed by atoms with van der Waals surface area (Å²) in [6.07, 6.45) is 3.15. The molecule has 2 heterocycles. The Kier molecular flexibility index (Phi) is 5.53. The topological polar surface area (TPSA) is 110 Å². The lowest BCUT2D eigenvalue weighted by Gasteiger charge is -1.98. The van der Waals surface area contributed by atoms with E-state index in [1.807, 2.05) is 30.3 Å². The first-order valence-electron chi connectivity index (χ1n) is 8.81. The smallest absolute Gasteiger partial charge is 0.280 e. The van der Waals surface area contributed by atoms with E-state index in [1.54, 1.807) is 42.6 Å². The van der Waals surface area contributed by atoms with Gasteiger partial charge < -0.3 is 4.42 Å². The molecule has 1 aliphatic rings. The zero-order chi connectivity index (χ0) is 20.9. The summed E-state index contributed by atoms with van der Waals surface area (Å²) >= 11 is 1.13. The second-order valence-corrected chi connectivity index (χ2v) is 7.13. The molecule has 0 atom stereocenters. The second-order valence-electron chi connectivity index (χ2n) is 6.10. The van der Waals surface area contributed by atoms with Crippen LogP contribution in [0, 0.1) is 10.1 Å². The predicted octanol–water partition coefficient (Wildman–Crippen LogP) is 4.45. The van der Waals surface area contributed by atoms with Gasteiger partial charge in [0.25, 0.3) is 11.6 Å². The fraction of sp³-hybridized carbons (Fsp3) is 0. The van der Waals surface area contributed by atoms with Crippen molar-refractivity contribution >= 4 is 40.8 Å². The standard InChI is InChI=1S/C21H14N4O4S/c26-20-19(30-21(23-20)24-22-13-14-6-2-1-3-7-14)12-15-10-11-18(29-15)16-8-4-5-9-17(16)25(27)28/h1-13H,(H,23,24,26)/b19-12+,22-13+. The van der Waals surface area contributed by atoms with Crippen molar-refractivity contribution in [1.29, 1.82) is 0 Å². The van der Waals surface area contributed by atoms with Gasteiger partial charge in [0.15, 0.2) is 5.17 Å². The number of amidine groups is 1. The van der Waals surface area contributed by atoms with Crippen LogP contribution in [0.25, 0.3) is 17.4 Å². The molecule has 0 radical (unpaired) electrons. The van der Waals surface area contributed by atoms with Crippen molar-refractivity contribution in [2.75, 3.05) is 0 Å². The minimum Gasteiger partial charge on any atom is -0.456 e. The number of furan rings is 1. The minimum absolute atomic E-state index is 0.0512. The molecule has 4 rings (SSSR count). The van der Waals surface area contributed by atoms with E-state index in [4.69, 9.17) is 4.42 Å². The van der Waals surface area contributed by atoms with Crippen molar-refractivity contribution < 1.29 is 14.1 Å². The minimum atomic E-state index is -0.463. The molecule has 0 bridgehead atoms. The van der Waals surface area contributed by atoms with Gasteiger partial charge in [-0.2, -0.15) is 5.10 Å². The van der Waals surface area contributed by atoms with Crippen LogP contribution >= 0.6 is 11.8 Å². The van der Waals surface area contributed by atoms with Crippen LogP contribution in [0.15, 0.2) is 86.3 Å².